The molecule has 2 aromatic rings. The van der Waals surface area contributed by atoms with Gasteiger partial charge in [0.15, 0.2) is 0 Å². The molecule has 0 saturated heterocycles. The Kier molecular flexibility index (Phi) is 3.31. The Hall–Kier alpha value is -2.46. The number of amides is 1. The number of pyridine rings is 1. The van der Waals surface area contributed by atoms with E-state index in [1.807, 2.05) is 12.1 Å². The number of hydrogen-bond donors (Lipinski definition) is 1. The van der Waals surface area contributed by atoms with Gasteiger partial charge in [-0.05, 0) is 35.9 Å². The second-order valence-corrected chi connectivity index (χ2v) is 4.67. The van der Waals surface area contributed by atoms with Crippen LogP contribution >= 0.6 is 11.6 Å². The van der Waals surface area contributed by atoms with Crippen molar-refractivity contribution in [3.8, 4) is 0 Å². The van der Waals surface area contributed by atoms with Crippen LogP contribution in [0, 0.1) is 0 Å². The van der Waals surface area contributed by atoms with E-state index in [-0.39, 0.29) is 5.91 Å². The van der Waals surface area contributed by atoms with E-state index in [9.17, 15) is 4.79 Å². The summed E-state index contributed by atoms with van der Waals surface area (Å²) in [7, 11) is 0. The van der Waals surface area contributed by atoms with Gasteiger partial charge in [-0.15, -0.1) is 0 Å². The number of rotatable bonds is 2. The Morgan fingerprint density at radius 1 is 1.05 bits per heavy atom. The van der Waals surface area contributed by atoms with Crippen molar-refractivity contribution in [1.29, 1.82) is 0 Å². The summed E-state index contributed by atoms with van der Waals surface area (Å²) in [4.78, 5) is 20.1. The number of benzene rings is 1. The fourth-order valence-electron chi connectivity index (χ4n) is 1.83. The summed E-state index contributed by atoms with van der Waals surface area (Å²) in [6.07, 6.45) is 5.04. The minimum Gasteiger partial charge on any atom is -0.305 e. The highest BCUT2D eigenvalue weighted by molar-refractivity contribution is 6.30. The molecule has 0 spiro atoms. The number of carbonyl (C=O) groups is 1. The number of hydrogen-bond acceptors (Lipinski definition) is 3. The van der Waals surface area contributed by atoms with Crippen molar-refractivity contribution in [2.75, 3.05) is 0 Å². The van der Waals surface area contributed by atoms with Gasteiger partial charge in [0.05, 0.1) is 0 Å². The highest BCUT2D eigenvalue weighted by Crippen LogP contribution is 2.16. The van der Waals surface area contributed by atoms with Crippen molar-refractivity contribution in [3.63, 3.8) is 0 Å². The highest BCUT2D eigenvalue weighted by Gasteiger charge is 2.20. The molecule has 0 unspecified atom stereocenters. The summed E-state index contributed by atoms with van der Waals surface area (Å²) in [5.74, 6) is 0.323. The van der Waals surface area contributed by atoms with E-state index in [0.717, 1.165) is 11.1 Å². The van der Waals surface area contributed by atoms with Crippen LogP contribution in [0.25, 0.3) is 6.08 Å². The average molecular weight is 284 g/mol. The zero-order valence-corrected chi connectivity index (χ0v) is 11.1. The van der Waals surface area contributed by atoms with Crippen molar-refractivity contribution in [3.05, 3.63) is 70.6 Å². The highest BCUT2D eigenvalue weighted by atomic mass is 35.5. The Morgan fingerprint density at radius 3 is 2.45 bits per heavy atom. The van der Waals surface area contributed by atoms with Gasteiger partial charge in [0.25, 0.3) is 5.91 Å². The SMILES string of the molecule is O=C1NC(c2ccncc2)=N/C1=C\c1ccc(Cl)cc1. The third-order valence-corrected chi connectivity index (χ3v) is 3.08. The van der Waals surface area contributed by atoms with Gasteiger partial charge in [-0.25, -0.2) is 4.99 Å². The maximum atomic E-state index is 11.9. The lowest BCUT2D eigenvalue weighted by molar-refractivity contribution is -0.115. The molecule has 0 radical (unpaired) electrons. The predicted octanol–water partition coefficient (Wildman–Crippen LogP) is 2.65. The molecule has 1 aliphatic heterocycles. The molecule has 0 fully saturated rings. The lowest BCUT2D eigenvalue weighted by atomic mass is 10.2. The standard InChI is InChI=1S/C15H10ClN3O/c16-12-3-1-10(2-4-12)9-13-15(20)19-14(18-13)11-5-7-17-8-6-11/h1-9H,(H,18,19,20)/b13-9-. The number of aromatic nitrogens is 1. The molecule has 1 aromatic carbocycles. The number of aliphatic imine (C=N–C) groups is 1. The Balaban J connectivity index is 1.92. The number of nitrogens with zero attached hydrogens (tertiary/aromatic N) is 2. The van der Waals surface area contributed by atoms with E-state index in [1.165, 1.54) is 0 Å². The van der Waals surface area contributed by atoms with E-state index in [1.54, 1.807) is 42.7 Å². The van der Waals surface area contributed by atoms with Crippen LogP contribution in [0.1, 0.15) is 11.1 Å². The van der Waals surface area contributed by atoms with Gasteiger partial charge in [0.1, 0.15) is 11.5 Å². The molecule has 5 heteroatoms. The second kappa shape index (κ2) is 5.27. The second-order valence-electron chi connectivity index (χ2n) is 4.23. The minimum absolute atomic E-state index is 0.216. The van der Waals surface area contributed by atoms with Crippen molar-refractivity contribution >= 4 is 29.4 Å². The van der Waals surface area contributed by atoms with Gasteiger partial charge >= 0.3 is 0 Å². The zero-order chi connectivity index (χ0) is 13.9. The van der Waals surface area contributed by atoms with E-state index in [4.69, 9.17) is 11.6 Å². The van der Waals surface area contributed by atoms with Gasteiger partial charge in [-0.2, -0.15) is 0 Å². The summed E-state index contributed by atoms with van der Waals surface area (Å²) >= 11 is 5.83. The fraction of sp³-hybridized carbons (Fsp3) is 0. The summed E-state index contributed by atoms with van der Waals surface area (Å²) in [5.41, 5.74) is 2.08. The molecular weight excluding hydrogens is 274 g/mol. The topological polar surface area (TPSA) is 54.4 Å². The molecule has 98 valence electrons. The average Bonchev–Trinajstić information content (AvgIpc) is 2.84. The molecule has 0 atom stereocenters. The largest absolute Gasteiger partial charge is 0.305 e. The Bertz CT molecular complexity index is 706. The van der Waals surface area contributed by atoms with Crippen LogP contribution in [0.15, 0.2) is 59.5 Å². The van der Waals surface area contributed by atoms with Crippen molar-refractivity contribution < 1.29 is 4.79 Å². The molecule has 1 amide bonds. The first-order valence-electron chi connectivity index (χ1n) is 6.00. The van der Waals surface area contributed by atoms with Crippen LogP contribution < -0.4 is 5.32 Å². The summed E-state index contributed by atoms with van der Waals surface area (Å²) in [5, 5.41) is 3.40. The molecule has 1 aromatic heterocycles. The molecule has 0 aliphatic carbocycles. The van der Waals surface area contributed by atoms with Crippen molar-refractivity contribution in [1.82, 2.24) is 10.3 Å². The number of amidine groups is 1. The van der Waals surface area contributed by atoms with Crippen LogP contribution in [-0.4, -0.2) is 16.7 Å². The van der Waals surface area contributed by atoms with E-state index >= 15 is 0 Å². The third-order valence-electron chi connectivity index (χ3n) is 2.82. The predicted molar refractivity (Wildman–Crippen MR) is 78.3 cm³/mol. The van der Waals surface area contributed by atoms with Crippen LogP contribution in [-0.2, 0) is 4.79 Å². The monoisotopic (exact) mass is 283 g/mol. The molecule has 2 heterocycles. The van der Waals surface area contributed by atoms with E-state index in [2.05, 4.69) is 15.3 Å². The molecule has 0 bridgehead atoms. The lowest BCUT2D eigenvalue weighted by Gasteiger charge is -1.97. The summed E-state index contributed by atoms with van der Waals surface area (Å²) < 4.78 is 0. The molecule has 1 aliphatic rings. The van der Waals surface area contributed by atoms with Gasteiger partial charge in [-0.1, -0.05) is 23.7 Å². The minimum atomic E-state index is -0.216. The fourth-order valence-corrected chi connectivity index (χ4v) is 1.96. The zero-order valence-electron chi connectivity index (χ0n) is 10.4. The maximum absolute atomic E-state index is 11.9. The van der Waals surface area contributed by atoms with Crippen molar-refractivity contribution in [2.24, 2.45) is 4.99 Å². The van der Waals surface area contributed by atoms with Crippen LogP contribution in [0.4, 0.5) is 0 Å². The van der Waals surface area contributed by atoms with E-state index < -0.39 is 0 Å². The quantitative estimate of drug-likeness (QED) is 0.862. The van der Waals surface area contributed by atoms with Crippen LogP contribution in [0.2, 0.25) is 5.02 Å². The van der Waals surface area contributed by atoms with Crippen LogP contribution in [0.3, 0.4) is 0 Å². The van der Waals surface area contributed by atoms with E-state index in [0.29, 0.717) is 16.6 Å². The number of nitrogens with one attached hydrogen (secondary N) is 1. The summed E-state index contributed by atoms with van der Waals surface area (Å²) in [6.45, 7) is 0. The summed E-state index contributed by atoms with van der Waals surface area (Å²) in [6, 6.07) is 10.8. The van der Waals surface area contributed by atoms with Gasteiger partial charge in [-0.3, -0.25) is 9.78 Å². The molecule has 20 heavy (non-hydrogen) atoms. The molecule has 4 nitrogen and oxygen atoms in total. The smallest absolute Gasteiger partial charge is 0.275 e. The first kappa shape index (κ1) is 12.6. The van der Waals surface area contributed by atoms with Gasteiger partial charge in [0.2, 0.25) is 0 Å². The maximum Gasteiger partial charge on any atom is 0.275 e. The Morgan fingerprint density at radius 2 is 1.75 bits per heavy atom. The van der Waals surface area contributed by atoms with Crippen LogP contribution in [0.5, 0.6) is 0 Å². The third kappa shape index (κ3) is 2.60. The molecular formula is C15H10ClN3O. The van der Waals surface area contributed by atoms with Crippen molar-refractivity contribution in [2.45, 2.75) is 0 Å². The van der Waals surface area contributed by atoms with Gasteiger partial charge < -0.3 is 5.32 Å². The number of halogens is 1. The Labute approximate surface area is 120 Å². The first-order chi connectivity index (χ1) is 9.72. The molecule has 1 N–H and O–H groups in total. The van der Waals surface area contributed by atoms with Gasteiger partial charge in [0, 0.05) is 23.0 Å². The first-order valence-corrected chi connectivity index (χ1v) is 6.38. The normalized spacial score (nSPS) is 16.1. The number of carbonyl (C=O) groups excluding carboxylic acids is 1. The molecule has 3 rings (SSSR count). The lowest BCUT2D eigenvalue weighted by Crippen LogP contribution is -2.24. The molecule has 0 saturated carbocycles.